The largest absolute Gasteiger partial charge is 0.480 e. The molecule has 2 heterocycles. The lowest BCUT2D eigenvalue weighted by Gasteiger charge is -2.31. The van der Waals surface area contributed by atoms with Crippen molar-refractivity contribution in [1.82, 2.24) is 14.7 Å². The minimum absolute atomic E-state index is 0.0632. The Morgan fingerprint density at radius 3 is 2.60 bits per heavy atom. The van der Waals surface area contributed by atoms with E-state index in [0.29, 0.717) is 26.2 Å². The molecule has 0 saturated carbocycles. The lowest BCUT2D eigenvalue weighted by Crippen LogP contribution is -2.46. The molecule has 0 unspecified atom stereocenters. The van der Waals surface area contributed by atoms with Crippen molar-refractivity contribution in [2.45, 2.75) is 19.8 Å². The van der Waals surface area contributed by atoms with E-state index in [1.807, 2.05) is 14.7 Å². The van der Waals surface area contributed by atoms with Crippen LogP contribution >= 0.6 is 0 Å². The van der Waals surface area contributed by atoms with Gasteiger partial charge in [-0.2, -0.15) is 0 Å². The predicted molar refractivity (Wildman–Crippen MR) is 75.6 cm³/mol. The van der Waals surface area contributed by atoms with E-state index in [1.54, 1.807) is 0 Å². The SMILES string of the molecule is CC1=CCN(C(=O)N2CCCN(CC(=O)O)CC2)CC1. The fraction of sp³-hybridized carbons (Fsp3) is 0.714. The molecule has 6 heteroatoms. The molecule has 0 aromatic heterocycles. The number of carboxylic acid groups (broad SMARTS) is 1. The van der Waals surface area contributed by atoms with Crippen molar-refractivity contribution >= 4 is 12.0 Å². The normalized spacial score (nSPS) is 21.4. The van der Waals surface area contributed by atoms with E-state index in [1.165, 1.54) is 5.57 Å². The maximum absolute atomic E-state index is 12.4. The van der Waals surface area contributed by atoms with Crippen LogP contribution in [0.3, 0.4) is 0 Å². The lowest BCUT2D eigenvalue weighted by atomic mass is 10.1. The van der Waals surface area contributed by atoms with Crippen LogP contribution in [-0.2, 0) is 4.79 Å². The number of hydrogen-bond donors (Lipinski definition) is 1. The minimum atomic E-state index is -0.804. The summed E-state index contributed by atoms with van der Waals surface area (Å²) in [5.41, 5.74) is 1.34. The number of amides is 2. The molecule has 1 N–H and O–H groups in total. The monoisotopic (exact) mass is 281 g/mol. The first-order valence-electron chi connectivity index (χ1n) is 7.20. The van der Waals surface area contributed by atoms with Gasteiger partial charge in [-0.1, -0.05) is 11.6 Å². The molecule has 0 aromatic carbocycles. The van der Waals surface area contributed by atoms with Gasteiger partial charge < -0.3 is 14.9 Å². The second kappa shape index (κ2) is 6.74. The quantitative estimate of drug-likeness (QED) is 0.762. The Hall–Kier alpha value is -1.56. The van der Waals surface area contributed by atoms with Crippen LogP contribution in [0.4, 0.5) is 4.79 Å². The number of carboxylic acids is 1. The third-order valence-electron chi connectivity index (χ3n) is 3.92. The standard InChI is InChI=1S/C14H23N3O3/c1-12-3-7-17(8-4-12)14(20)16-6-2-5-15(9-10-16)11-13(18)19/h3H,2,4-11H2,1H3,(H,18,19). The Kier molecular flexibility index (Phi) is 5.00. The first-order chi connectivity index (χ1) is 9.56. The number of rotatable bonds is 2. The second-order valence-corrected chi connectivity index (χ2v) is 5.54. The number of urea groups is 1. The van der Waals surface area contributed by atoms with Gasteiger partial charge in [-0.25, -0.2) is 4.79 Å². The minimum Gasteiger partial charge on any atom is -0.480 e. The molecular formula is C14H23N3O3. The average molecular weight is 281 g/mol. The number of aliphatic carboxylic acids is 1. The smallest absolute Gasteiger partial charge is 0.320 e. The van der Waals surface area contributed by atoms with Gasteiger partial charge in [0, 0.05) is 39.3 Å². The van der Waals surface area contributed by atoms with Crippen LogP contribution in [0.2, 0.25) is 0 Å². The molecule has 1 fully saturated rings. The van der Waals surface area contributed by atoms with Gasteiger partial charge in [0.15, 0.2) is 0 Å². The maximum atomic E-state index is 12.4. The zero-order valence-corrected chi connectivity index (χ0v) is 12.0. The highest BCUT2D eigenvalue weighted by molar-refractivity contribution is 5.75. The van der Waals surface area contributed by atoms with Crippen LogP contribution < -0.4 is 0 Å². The molecule has 112 valence electrons. The molecular weight excluding hydrogens is 258 g/mol. The highest BCUT2D eigenvalue weighted by Crippen LogP contribution is 2.13. The zero-order valence-electron chi connectivity index (χ0n) is 12.0. The first-order valence-corrected chi connectivity index (χ1v) is 7.20. The van der Waals surface area contributed by atoms with Crippen molar-refractivity contribution in [2.24, 2.45) is 0 Å². The number of carbonyl (C=O) groups is 2. The summed E-state index contributed by atoms with van der Waals surface area (Å²) in [4.78, 5) is 28.8. The van der Waals surface area contributed by atoms with Gasteiger partial charge in [-0.05, 0) is 19.8 Å². The van der Waals surface area contributed by atoms with Gasteiger partial charge in [0.25, 0.3) is 0 Å². The summed E-state index contributed by atoms with van der Waals surface area (Å²) in [5.74, 6) is -0.804. The Bertz CT molecular complexity index is 408. The molecule has 2 amide bonds. The zero-order chi connectivity index (χ0) is 14.5. The molecule has 2 aliphatic rings. The molecule has 0 spiro atoms. The molecule has 0 bridgehead atoms. The van der Waals surface area contributed by atoms with Crippen molar-refractivity contribution < 1.29 is 14.7 Å². The molecule has 0 radical (unpaired) electrons. The van der Waals surface area contributed by atoms with Crippen molar-refractivity contribution in [3.05, 3.63) is 11.6 Å². The molecule has 2 aliphatic heterocycles. The Balaban J connectivity index is 1.87. The number of hydrogen-bond acceptors (Lipinski definition) is 3. The van der Waals surface area contributed by atoms with Gasteiger partial charge in [-0.15, -0.1) is 0 Å². The van der Waals surface area contributed by atoms with Crippen molar-refractivity contribution in [3.8, 4) is 0 Å². The predicted octanol–water partition coefficient (Wildman–Crippen LogP) is 0.851. The van der Waals surface area contributed by atoms with E-state index in [4.69, 9.17) is 5.11 Å². The Labute approximate surface area is 119 Å². The molecule has 2 rings (SSSR count). The van der Waals surface area contributed by atoms with E-state index in [2.05, 4.69) is 13.0 Å². The van der Waals surface area contributed by atoms with Gasteiger partial charge in [-0.3, -0.25) is 9.69 Å². The summed E-state index contributed by atoms with van der Waals surface area (Å²) in [6.07, 6.45) is 3.89. The van der Waals surface area contributed by atoms with Crippen LogP contribution in [0.1, 0.15) is 19.8 Å². The van der Waals surface area contributed by atoms with Crippen LogP contribution in [0.5, 0.6) is 0 Å². The van der Waals surface area contributed by atoms with Crippen LogP contribution in [0, 0.1) is 0 Å². The summed E-state index contributed by atoms with van der Waals surface area (Å²) in [5, 5.41) is 8.82. The van der Waals surface area contributed by atoms with Crippen LogP contribution in [0.15, 0.2) is 11.6 Å². The van der Waals surface area contributed by atoms with E-state index in [0.717, 1.165) is 25.9 Å². The molecule has 0 aliphatic carbocycles. The maximum Gasteiger partial charge on any atom is 0.320 e. The van der Waals surface area contributed by atoms with E-state index in [-0.39, 0.29) is 12.6 Å². The van der Waals surface area contributed by atoms with Gasteiger partial charge in [0.2, 0.25) is 0 Å². The van der Waals surface area contributed by atoms with E-state index >= 15 is 0 Å². The van der Waals surface area contributed by atoms with E-state index < -0.39 is 5.97 Å². The van der Waals surface area contributed by atoms with Crippen LogP contribution in [-0.4, -0.2) is 77.6 Å². The van der Waals surface area contributed by atoms with Crippen molar-refractivity contribution in [1.29, 1.82) is 0 Å². The third kappa shape index (κ3) is 3.96. The number of carbonyl (C=O) groups excluding carboxylic acids is 1. The second-order valence-electron chi connectivity index (χ2n) is 5.54. The average Bonchev–Trinajstić information content (AvgIpc) is 2.64. The first kappa shape index (κ1) is 14.8. The van der Waals surface area contributed by atoms with Crippen molar-refractivity contribution in [3.63, 3.8) is 0 Å². The van der Waals surface area contributed by atoms with E-state index in [9.17, 15) is 9.59 Å². The van der Waals surface area contributed by atoms with Gasteiger partial charge >= 0.3 is 12.0 Å². The molecule has 0 atom stereocenters. The summed E-state index contributed by atoms with van der Waals surface area (Å²) >= 11 is 0. The molecule has 20 heavy (non-hydrogen) atoms. The summed E-state index contributed by atoms with van der Waals surface area (Å²) in [7, 11) is 0. The Morgan fingerprint density at radius 1 is 1.15 bits per heavy atom. The number of nitrogens with zero attached hydrogens (tertiary/aromatic N) is 3. The van der Waals surface area contributed by atoms with Gasteiger partial charge in [0.05, 0.1) is 6.54 Å². The highest BCUT2D eigenvalue weighted by atomic mass is 16.4. The summed E-state index contributed by atoms with van der Waals surface area (Å²) in [6.45, 7) is 6.36. The topological polar surface area (TPSA) is 64.1 Å². The van der Waals surface area contributed by atoms with Crippen LogP contribution in [0.25, 0.3) is 0 Å². The summed E-state index contributed by atoms with van der Waals surface area (Å²) < 4.78 is 0. The highest BCUT2D eigenvalue weighted by Gasteiger charge is 2.24. The Morgan fingerprint density at radius 2 is 1.95 bits per heavy atom. The van der Waals surface area contributed by atoms with Gasteiger partial charge in [0.1, 0.15) is 0 Å². The molecule has 1 saturated heterocycles. The van der Waals surface area contributed by atoms with Crippen molar-refractivity contribution in [2.75, 3.05) is 45.8 Å². The fourth-order valence-electron chi connectivity index (χ4n) is 2.66. The lowest BCUT2D eigenvalue weighted by molar-refractivity contribution is -0.138. The summed E-state index contributed by atoms with van der Waals surface area (Å²) in [6, 6.07) is 0.0888. The molecule has 6 nitrogen and oxygen atoms in total. The third-order valence-corrected chi connectivity index (χ3v) is 3.92. The fourth-order valence-corrected chi connectivity index (χ4v) is 2.66. The molecule has 0 aromatic rings.